The van der Waals surface area contributed by atoms with Gasteiger partial charge in [0, 0.05) is 18.0 Å². The number of nitrogens with one attached hydrogen (secondary N) is 2. The summed E-state index contributed by atoms with van der Waals surface area (Å²) in [6.07, 6.45) is 5.15. The molecule has 2 unspecified atom stereocenters. The summed E-state index contributed by atoms with van der Waals surface area (Å²) in [7, 11) is 0. The molecule has 3 amide bonds. The summed E-state index contributed by atoms with van der Waals surface area (Å²) in [6.45, 7) is 13.1. The molecule has 2 aromatic rings. The Bertz CT molecular complexity index is 1210. The van der Waals surface area contributed by atoms with Crippen LogP contribution in [0.25, 0.3) is 0 Å². The normalized spacial score (nSPS) is 15.8. The van der Waals surface area contributed by atoms with Crippen LogP contribution < -0.4 is 10.6 Å². The number of phenols is 1. The van der Waals surface area contributed by atoms with Crippen molar-refractivity contribution in [1.82, 2.24) is 15.5 Å². The summed E-state index contributed by atoms with van der Waals surface area (Å²) < 4.78 is 5.54. The highest BCUT2D eigenvalue weighted by Crippen LogP contribution is 2.34. The third kappa shape index (κ3) is 8.97. The van der Waals surface area contributed by atoms with Gasteiger partial charge in [-0.2, -0.15) is 0 Å². The van der Waals surface area contributed by atoms with Gasteiger partial charge in [0.25, 0.3) is 0 Å². The van der Waals surface area contributed by atoms with Gasteiger partial charge in [-0.25, -0.2) is 4.79 Å². The maximum absolute atomic E-state index is 14.8. The van der Waals surface area contributed by atoms with Crippen LogP contribution in [-0.2, 0) is 20.7 Å². The second-order valence-electron chi connectivity index (χ2n) is 13.0. The van der Waals surface area contributed by atoms with Crippen LogP contribution in [-0.4, -0.2) is 51.1 Å². The second-order valence-corrected chi connectivity index (χ2v) is 13.0. The molecule has 1 fully saturated rings. The first-order valence-corrected chi connectivity index (χ1v) is 15.2. The zero-order chi connectivity index (χ0) is 31.1. The van der Waals surface area contributed by atoms with Gasteiger partial charge in [0.1, 0.15) is 23.4 Å². The Balaban J connectivity index is 2.10. The number of hydrogen-bond donors (Lipinski definition) is 3. The van der Waals surface area contributed by atoms with Crippen LogP contribution in [0.3, 0.4) is 0 Å². The lowest BCUT2D eigenvalue weighted by Gasteiger charge is -2.45. The molecule has 8 heteroatoms. The minimum absolute atomic E-state index is 0.0622. The topological polar surface area (TPSA) is 108 Å². The number of alkyl carbamates (subject to hydrolysis) is 1. The fourth-order valence-corrected chi connectivity index (χ4v) is 5.45. The van der Waals surface area contributed by atoms with E-state index in [0.717, 1.165) is 48.8 Å². The fourth-order valence-electron chi connectivity index (χ4n) is 5.45. The molecule has 2 aromatic carbocycles. The van der Waals surface area contributed by atoms with E-state index in [1.165, 1.54) is 0 Å². The number of benzene rings is 2. The summed E-state index contributed by atoms with van der Waals surface area (Å²) in [6, 6.07) is 12.3. The van der Waals surface area contributed by atoms with Crippen LogP contribution in [0.4, 0.5) is 4.79 Å². The first-order valence-electron chi connectivity index (χ1n) is 15.2. The lowest BCUT2D eigenvalue weighted by atomic mass is 9.89. The smallest absolute Gasteiger partial charge is 0.408 e. The van der Waals surface area contributed by atoms with Gasteiger partial charge in [0.2, 0.25) is 11.8 Å². The lowest BCUT2D eigenvalue weighted by Crippen LogP contribution is -2.60. The van der Waals surface area contributed by atoms with Crippen LogP contribution in [0.5, 0.6) is 5.75 Å². The highest BCUT2D eigenvalue weighted by atomic mass is 16.6. The van der Waals surface area contributed by atoms with E-state index in [4.69, 9.17) is 4.74 Å². The Kier molecular flexibility index (Phi) is 11.0. The number of phenolic OH excluding ortho intramolecular Hbond substituents is 1. The van der Waals surface area contributed by atoms with Gasteiger partial charge in [-0.05, 0) is 89.6 Å². The van der Waals surface area contributed by atoms with Crippen molar-refractivity contribution in [2.45, 2.75) is 123 Å². The molecule has 0 bridgehead atoms. The molecule has 0 saturated heterocycles. The van der Waals surface area contributed by atoms with E-state index < -0.39 is 29.3 Å². The molecule has 42 heavy (non-hydrogen) atoms. The van der Waals surface area contributed by atoms with Crippen LogP contribution >= 0.6 is 0 Å². The summed E-state index contributed by atoms with van der Waals surface area (Å²) in [4.78, 5) is 43.7. The fraction of sp³-hybridized carbons (Fsp3) is 0.559. The van der Waals surface area contributed by atoms with Crippen molar-refractivity contribution >= 4 is 17.9 Å². The second kappa shape index (κ2) is 14.1. The highest BCUT2D eigenvalue weighted by Gasteiger charge is 2.44. The average Bonchev–Trinajstić information content (AvgIpc) is 2.92. The largest absolute Gasteiger partial charge is 0.508 e. The Labute approximate surface area is 251 Å². The van der Waals surface area contributed by atoms with Crippen molar-refractivity contribution in [2.24, 2.45) is 0 Å². The minimum Gasteiger partial charge on any atom is -0.508 e. The van der Waals surface area contributed by atoms with Gasteiger partial charge in [-0.1, -0.05) is 62.6 Å². The monoisotopic (exact) mass is 579 g/mol. The van der Waals surface area contributed by atoms with Crippen molar-refractivity contribution in [3.05, 3.63) is 65.2 Å². The van der Waals surface area contributed by atoms with Crippen LogP contribution in [0.15, 0.2) is 48.5 Å². The predicted octanol–water partition coefficient (Wildman–Crippen LogP) is 6.34. The Hall–Kier alpha value is -3.55. The molecule has 8 nitrogen and oxygen atoms in total. The first kappa shape index (κ1) is 33.0. The molecular weight excluding hydrogens is 530 g/mol. The van der Waals surface area contributed by atoms with Crippen molar-refractivity contribution in [3.8, 4) is 5.75 Å². The molecule has 2 atom stereocenters. The van der Waals surface area contributed by atoms with Crippen molar-refractivity contribution in [1.29, 1.82) is 0 Å². The number of carbonyl (C=O) groups excluding carboxylic acids is 3. The van der Waals surface area contributed by atoms with Crippen molar-refractivity contribution in [2.75, 3.05) is 0 Å². The summed E-state index contributed by atoms with van der Waals surface area (Å²) >= 11 is 0. The maximum Gasteiger partial charge on any atom is 0.408 e. The van der Waals surface area contributed by atoms with Crippen molar-refractivity contribution < 1.29 is 24.2 Å². The number of amides is 3. The zero-order valence-electron chi connectivity index (χ0n) is 26.3. The zero-order valence-corrected chi connectivity index (χ0v) is 26.3. The standard InChI is InChI=1S/C34H49N3O5/c1-8-34(6,7)37(29(27-17-13-12-14-23(27)2)30(39)35-25-15-10-9-11-16-25)31(40)28(36-32(41)42-33(3,4)5)22-24-18-20-26(38)21-19-24/h12-14,17-21,25,28-29,38H,8-11,15-16,22H2,1-7H3,(H,35,39)(H,36,41). The first-order chi connectivity index (χ1) is 19.7. The van der Waals surface area contributed by atoms with Gasteiger partial charge < -0.3 is 25.4 Å². The quantitative estimate of drug-likeness (QED) is 0.304. The van der Waals surface area contributed by atoms with E-state index in [1.807, 2.05) is 52.0 Å². The molecule has 0 aromatic heterocycles. The number of ether oxygens (including phenoxy) is 1. The number of aromatic hydroxyl groups is 1. The SMILES string of the molecule is CCC(C)(C)N(C(=O)C(Cc1ccc(O)cc1)NC(=O)OC(C)(C)C)C(C(=O)NC1CCCCC1)c1ccccc1C. The molecule has 3 N–H and O–H groups in total. The number of nitrogens with zero attached hydrogens (tertiary/aromatic N) is 1. The molecule has 0 spiro atoms. The summed E-state index contributed by atoms with van der Waals surface area (Å²) in [5, 5.41) is 15.9. The van der Waals surface area contributed by atoms with Gasteiger partial charge in [0.05, 0.1) is 0 Å². The van der Waals surface area contributed by atoms with Gasteiger partial charge >= 0.3 is 6.09 Å². The molecule has 3 rings (SSSR count). The number of carbonyl (C=O) groups is 3. The lowest BCUT2D eigenvalue weighted by molar-refractivity contribution is -0.149. The minimum atomic E-state index is -1.02. The van der Waals surface area contributed by atoms with E-state index >= 15 is 0 Å². The van der Waals surface area contributed by atoms with Crippen LogP contribution in [0.2, 0.25) is 0 Å². The van der Waals surface area contributed by atoms with Crippen molar-refractivity contribution in [3.63, 3.8) is 0 Å². The average molecular weight is 580 g/mol. The molecular formula is C34H49N3O5. The molecule has 0 radical (unpaired) electrons. The Morgan fingerprint density at radius 2 is 1.60 bits per heavy atom. The Morgan fingerprint density at radius 1 is 0.976 bits per heavy atom. The molecule has 1 aliphatic carbocycles. The highest BCUT2D eigenvalue weighted by molar-refractivity contribution is 5.93. The molecule has 1 aliphatic rings. The van der Waals surface area contributed by atoms with E-state index in [2.05, 4.69) is 10.6 Å². The van der Waals surface area contributed by atoms with Gasteiger partial charge in [-0.15, -0.1) is 0 Å². The Morgan fingerprint density at radius 3 is 2.17 bits per heavy atom. The van der Waals surface area contributed by atoms with Crippen LogP contribution in [0.1, 0.15) is 103 Å². The van der Waals surface area contributed by atoms with Gasteiger partial charge in [-0.3, -0.25) is 9.59 Å². The molecule has 1 saturated carbocycles. The van der Waals surface area contributed by atoms with E-state index in [9.17, 15) is 19.5 Å². The van der Waals surface area contributed by atoms with E-state index in [0.29, 0.717) is 6.42 Å². The predicted molar refractivity (Wildman–Crippen MR) is 165 cm³/mol. The number of rotatable bonds is 10. The number of hydrogen-bond acceptors (Lipinski definition) is 5. The number of aryl methyl sites for hydroxylation is 1. The third-order valence-electron chi connectivity index (χ3n) is 8.06. The summed E-state index contributed by atoms with van der Waals surface area (Å²) in [5.41, 5.74) is 0.900. The maximum atomic E-state index is 14.8. The van der Waals surface area contributed by atoms with E-state index in [-0.39, 0.29) is 30.0 Å². The third-order valence-corrected chi connectivity index (χ3v) is 8.06. The van der Waals surface area contributed by atoms with Gasteiger partial charge in [0.15, 0.2) is 0 Å². The molecule has 230 valence electrons. The molecule has 0 aliphatic heterocycles. The molecule has 0 heterocycles. The summed E-state index contributed by atoms with van der Waals surface area (Å²) in [5.74, 6) is -0.492. The van der Waals surface area contributed by atoms with Crippen LogP contribution in [0, 0.1) is 6.92 Å². The van der Waals surface area contributed by atoms with E-state index in [1.54, 1.807) is 49.9 Å².